The van der Waals surface area contributed by atoms with E-state index in [0.717, 1.165) is 42.1 Å². The SMILES string of the molecule is CO[C@H]1c2cc(NC(=O)[C@H]3CCCN3)ccc2O[C@@H](C(CCn2cc(CCO)nn2)[Si](C)(C)O)[C@@H]1C. The Kier molecular flexibility index (Phi) is 8.46. The number of methoxy groups -OCH3 is 1. The van der Waals surface area contributed by atoms with Crippen molar-refractivity contribution in [2.24, 2.45) is 5.92 Å². The molecule has 0 saturated carbocycles. The molecule has 0 aliphatic carbocycles. The molecule has 2 aliphatic heterocycles. The first kappa shape index (κ1) is 26.7. The van der Waals surface area contributed by atoms with Crippen LogP contribution in [0.2, 0.25) is 18.6 Å². The fourth-order valence-corrected chi connectivity index (χ4v) is 7.47. The van der Waals surface area contributed by atoms with Gasteiger partial charge in [0.25, 0.3) is 0 Å². The van der Waals surface area contributed by atoms with Gasteiger partial charge in [0.1, 0.15) is 11.9 Å². The summed E-state index contributed by atoms with van der Waals surface area (Å²) in [5.74, 6) is 0.679. The number of aryl methyl sites for hydroxylation is 1. The van der Waals surface area contributed by atoms with Crippen molar-refractivity contribution in [3.05, 3.63) is 35.7 Å². The van der Waals surface area contributed by atoms with Crippen LogP contribution < -0.4 is 15.4 Å². The molecule has 10 nitrogen and oxygen atoms in total. The number of hydrogen-bond donors (Lipinski definition) is 4. The Balaban J connectivity index is 1.52. The lowest BCUT2D eigenvalue weighted by atomic mass is 9.86. The minimum atomic E-state index is -2.64. The number of aromatic nitrogens is 3. The minimum Gasteiger partial charge on any atom is -0.490 e. The minimum absolute atomic E-state index is 0.0189. The average molecular weight is 518 g/mol. The van der Waals surface area contributed by atoms with Crippen molar-refractivity contribution < 1.29 is 24.2 Å². The number of aliphatic hydroxyl groups is 1. The van der Waals surface area contributed by atoms with Crippen molar-refractivity contribution in [1.82, 2.24) is 20.3 Å². The molecule has 1 aromatic heterocycles. The molecule has 11 heteroatoms. The van der Waals surface area contributed by atoms with Gasteiger partial charge in [0.05, 0.1) is 17.8 Å². The molecule has 2 aromatic rings. The first-order valence-corrected chi connectivity index (χ1v) is 15.8. The normalized spacial score (nSPS) is 24.7. The van der Waals surface area contributed by atoms with Crippen LogP contribution in [0.15, 0.2) is 24.4 Å². The van der Waals surface area contributed by atoms with Crippen LogP contribution in [-0.2, 0) is 22.5 Å². The van der Waals surface area contributed by atoms with Crippen molar-refractivity contribution in [2.45, 2.75) is 76.0 Å². The summed E-state index contributed by atoms with van der Waals surface area (Å²) < 4.78 is 14.3. The first-order chi connectivity index (χ1) is 17.2. The van der Waals surface area contributed by atoms with Crippen molar-refractivity contribution in [1.29, 1.82) is 0 Å². The van der Waals surface area contributed by atoms with E-state index in [0.29, 0.717) is 19.4 Å². The molecule has 1 aromatic carbocycles. The predicted molar refractivity (Wildman–Crippen MR) is 138 cm³/mol. The Labute approximate surface area is 213 Å². The third kappa shape index (κ3) is 5.97. The van der Waals surface area contributed by atoms with Crippen molar-refractivity contribution in [3.8, 4) is 5.75 Å². The maximum atomic E-state index is 12.6. The third-order valence-electron chi connectivity index (χ3n) is 7.40. The van der Waals surface area contributed by atoms with E-state index >= 15 is 0 Å². The summed E-state index contributed by atoms with van der Waals surface area (Å²) in [5.41, 5.74) is 2.30. The smallest absolute Gasteiger partial charge is 0.241 e. The molecule has 1 saturated heterocycles. The topological polar surface area (TPSA) is 131 Å². The lowest BCUT2D eigenvalue weighted by molar-refractivity contribution is -0.117. The summed E-state index contributed by atoms with van der Waals surface area (Å²) in [7, 11) is -0.946. The molecule has 36 heavy (non-hydrogen) atoms. The number of hydrogen-bond acceptors (Lipinski definition) is 8. The van der Waals surface area contributed by atoms with Crippen LogP contribution >= 0.6 is 0 Å². The molecule has 1 unspecified atom stereocenters. The summed E-state index contributed by atoms with van der Waals surface area (Å²) >= 11 is 0. The van der Waals surface area contributed by atoms with Gasteiger partial charge in [0, 0.05) is 55.6 Å². The number of anilines is 1. The van der Waals surface area contributed by atoms with Gasteiger partial charge in [-0.2, -0.15) is 0 Å². The van der Waals surface area contributed by atoms with Crippen molar-refractivity contribution in [2.75, 3.05) is 25.6 Å². The van der Waals surface area contributed by atoms with E-state index in [1.54, 1.807) is 11.8 Å². The Hall–Kier alpha value is -2.31. The van der Waals surface area contributed by atoms with Crippen LogP contribution in [0.25, 0.3) is 0 Å². The number of fused-ring (bicyclic) bond motifs is 1. The van der Waals surface area contributed by atoms with Gasteiger partial charge in [-0.05, 0) is 57.1 Å². The highest BCUT2D eigenvalue weighted by molar-refractivity contribution is 6.71. The summed E-state index contributed by atoms with van der Waals surface area (Å²) in [6, 6.07) is 5.54. The summed E-state index contributed by atoms with van der Waals surface area (Å²) in [4.78, 5) is 23.8. The van der Waals surface area contributed by atoms with E-state index in [9.17, 15) is 9.59 Å². The molecule has 4 rings (SSSR count). The zero-order valence-electron chi connectivity index (χ0n) is 21.6. The van der Waals surface area contributed by atoms with E-state index in [1.807, 2.05) is 37.5 Å². The first-order valence-electron chi connectivity index (χ1n) is 12.8. The number of carbonyl (C=O) groups is 1. The highest BCUT2D eigenvalue weighted by Gasteiger charge is 2.46. The molecule has 4 N–H and O–H groups in total. The molecular weight excluding hydrogens is 478 g/mol. The second-order valence-corrected chi connectivity index (χ2v) is 14.5. The average Bonchev–Trinajstić information content (AvgIpc) is 3.52. The number of benzene rings is 1. The van der Waals surface area contributed by atoms with Crippen LogP contribution in [0.3, 0.4) is 0 Å². The second-order valence-electron chi connectivity index (χ2n) is 10.5. The monoisotopic (exact) mass is 517 g/mol. The Morgan fingerprint density at radius 2 is 2.22 bits per heavy atom. The van der Waals surface area contributed by atoms with E-state index in [2.05, 4.69) is 27.9 Å². The lowest BCUT2D eigenvalue weighted by Crippen LogP contribution is -2.48. The summed E-state index contributed by atoms with van der Waals surface area (Å²) in [6.45, 7) is 7.48. The molecule has 0 radical (unpaired) electrons. The highest BCUT2D eigenvalue weighted by Crippen LogP contribution is 2.47. The molecule has 3 heterocycles. The number of carbonyl (C=O) groups excluding carboxylic acids is 1. The molecule has 0 spiro atoms. The molecule has 198 valence electrons. The van der Waals surface area contributed by atoms with E-state index in [4.69, 9.17) is 14.6 Å². The highest BCUT2D eigenvalue weighted by atomic mass is 28.4. The maximum Gasteiger partial charge on any atom is 0.241 e. The standard InChI is InChI=1S/C25H39N5O5Si/c1-16-23(34-2)19-14-17(27-25(32)20-6-5-11-26-20)7-8-21(19)35-24(16)22(36(3,4)33)9-12-30-15-18(10-13-31)28-29-30/h7-8,14-16,20,22-24,26,31,33H,5-6,9-13H2,1-4H3,(H,27,32)/t16-,20-,22?,23-,24-/m1/s1. The number of rotatable bonds is 10. The number of nitrogens with one attached hydrogen (secondary N) is 2. The Morgan fingerprint density at radius 1 is 1.42 bits per heavy atom. The van der Waals surface area contributed by atoms with E-state index < -0.39 is 8.32 Å². The number of nitrogens with zero attached hydrogens (tertiary/aromatic N) is 3. The van der Waals surface area contributed by atoms with Crippen LogP contribution in [0.1, 0.15) is 43.5 Å². The van der Waals surface area contributed by atoms with Crippen molar-refractivity contribution in [3.63, 3.8) is 0 Å². The van der Waals surface area contributed by atoms with E-state index in [-0.39, 0.29) is 42.2 Å². The van der Waals surface area contributed by atoms with Crippen LogP contribution in [0, 0.1) is 5.92 Å². The number of amides is 1. The Morgan fingerprint density at radius 3 is 2.89 bits per heavy atom. The molecular formula is C25H39N5O5Si. The molecule has 5 atom stereocenters. The van der Waals surface area contributed by atoms with Crippen LogP contribution in [0.5, 0.6) is 5.75 Å². The van der Waals surface area contributed by atoms with Crippen LogP contribution in [0.4, 0.5) is 5.69 Å². The second kappa shape index (κ2) is 11.4. The maximum absolute atomic E-state index is 12.6. The molecule has 1 fully saturated rings. The largest absolute Gasteiger partial charge is 0.490 e. The van der Waals surface area contributed by atoms with Gasteiger partial charge in [-0.25, -0.2) is 0 Å². The third-order valence-corrected chi connectivity index (χ3v) is 9.83. The molecule has 2 aliphatic rings. The number of aliphatic hydroxyl groups excluding tert-OH is 1. The Bertz CT molecular complexity index is 1040. The van der Waals surface area contributed by atoms with Gasteiger partial charge >= 0.3 is 0 Å². The fourth-order valence-electron chi connectivity index (χ4n) is 5.46. The van der Waals surface area contributed by atoms with Gasteiger partial charge in [-0.3, -0.25) is 9.48 Å². The van der Waals surface area contributed by atoms with Gasteiger partial charge < -0.3 is 30.0 Å². The quantitative estimate of drug-likeness (QED) is 0.353. The van der Waals surface area contributed by atoms with Gasteiger partial charge in [0.15, 0.2) is 8.32 Å². The molecule has 1 amide bonds. The zero-order chi connectivity index (χ0) is 25.9. The van der Waals surface area contributed by atoms with E-state index in [1.165, 1.54) is 0 Å². The molecule has 0 bridgehead atoms. The van der Waals surface area contributed by atoms with Crippen LogP contribution in [-0.4, -0.2) is 71.5 Å². The summed E-state index contributed by atoms with van der Waals surface area (Å²) in [5, 5.41) is 23.7. The number of ether oxygens (including phenoxy) is 2. The van der Waals surface area contributed by atoms with Gasteiger partial charge in [-0.15, -0.1) is 5.10 Å². The fraction of sp³-hybridized carbons (Fsp3) is 0.640. The summed E-state index contributed by atoms with van der Waals surface area (Å²) in [6.07, 6.45) is 4.37. The van der Waals surface area contributed by atoms with Gasteiger partial charge in [0.2, 0.25) is 5.91 Å². The zero-order valence-corrected chi connectivity index (χ0v) is 22.6. The van der Waals surface area contributed by atoms with Crippen molar-refractivity contribution >= 4 is 19.9 Å². The lowest BCUT2D eigenvalue weighted by Gasteiger charge is -2.43. The van der Waals surface area contributed by atoms with Gasteiger partial charge in [-0.1, -0.05) is 12.1 Å². The predicted octanol–water partition coefficient (Wildman–Crippen LogP) is 2.25.